The molecule has 0 aliphatic carbocycles. The summed E-state index contributed by atoms with van der Waals surface area (Å²) in [6.45, 7) is 0. The molecule has 0 aromatic heterocycles. The summed E-state index contributed by atoms with van der Waals surface area (Å²) in [7, 11) is 0. The van der Waals surface area contributed by atoms with Gasteiger partial charge in [0.25, 0.3) is 0 Å². The van der Waals surface area contributed by atoms with Crippen LogP contribution in [0.2, 0.25) is 0 Å². The van der Waals surface area contributed by atoms with Crippen LogP contribution in [0.1, 0.15) is 0 Å². The smallest absolute Gasteiger partial charge is 0.274 e. The Balaban J connectivity index is 3.50. The Morgan fingerprint density at radius 3 is 0.833 bits per heavy atom. The van der Waals surface area contributed by atoms with Crippen molar-refractivity contribution < 1.29 is 27.0 Å². The Bertz CT molecular complexity index is 461. The van der Waals surface area contributed by atoms with Crippen LogP contribution in [0.3, 0.4) is 0 Å². The van der Waals surface area contributed by atoms with Crippen molar-refractivity contribution >= 4 is 0 Å². The number of ether oxygens (including phenoxy) is 2. The summed E-state index contributed by atoms with van der Waals surface area (Å²) in [5, 5.41) is 33.1. The van der Waals surface area contributed by atoms with Crippen LogP contribution in [0.4, 0.5) is 17.6 Å². The SMILES string of the molecule is N#CC1(F)OC(F)(C#N)C(F)(C#N)OC1(F)C#N. The molecule has 0 radical (unpaired) electrons. The second-order valence-corrected chi connectivity index (χ2v) is 3.03. The van der Waals surface area contributed by atoms with E-state index >= 15 is 0 Å². The van der Waals surface area contributed by atoms with Gasteiger partial charge < -0.3 is 0 Å². The van der Waals surface area contributed by atoms with Crippen LogP contribution in [0, 0.1) is 45.3 Å². The third-order valence-electron chi connectivity index (χ3n) is 1.96. The van der Waals surface area contributed by atoms with E-state index in [0.29, 0.717) is 24.3 Å². The first-order valence-electron chi connectivity index (χ1n) is 3.97. The zero-order valence-electron chi connectivity index (χ0n) is 8.12. The van der Waals surface area contributed by atoms with E-state index in [4.69, 9.17) is 21.0 Å². The predicted molar refractivity (Wildman–Crippen MR) is 40.0 cm³/mol. The lowest BCUT2D eigenvalue weighted by Crippen LogP contribution is -2.68. The molecule has 92 valence electrons. The molecule has 0 aromatic rings. The van der Waals surface area contributed by atoms with Crippen LogP contribution in [0.15, 0.2) is 0 Å². The van der Waals surface area contributed by atoms with E-state index in [1.54, 1.807) is 0 Å². The van der Waals surface area contributed by atoms with Crippen molar-refractivity contribution in [2.45, 2.75) is 23.4 Å². The second-order valence-electron chi connectivity index (χ2n) is 3.03. The molecule has 0 spiro atoms. The van der Waals surface area contributed by atoms with Gasteiger partial charge in [-0.3, -0.25) is 9.47 Å². The molecule has 1 saturated heterocycles. The Morgan fingerprint density at radius 2 is 0.722 bits per heavy atom. The van der Waals surface area contributed by atoms with E-state index in [1.165, 1.54) is 0 Å². The number of hydrogen-bond acceptors (Lipinski definition) is 6. The molecule has 0 amide bonds. The zero-order chi connectivity index (χ0) is 14.2. The summed E-state index contributed by atoms with van der Waals surface area (Å²) in [5.74, 6) is -17.7. The lowest BCUT2D eigenvalue weighted by molar-refractivity contribution is -0.450. The molecule has 1 aliphatic rings. The summed E-state index contributed by atoms with van der Waals surface area (Å²) in [4.78, 5) is 0. The maximum absolute atomic E-state index is 13.5. The lowest BCUT2D eigenvalue weighted by Gasteiger charge is -2.42. The van der Waals surface area contributed by atoms with Crippen molar-refractivity contribution in [1.29, 1.82) is 21.0 Å². The molecule has 4 atom stereocenters. The molecule has 1 aliphatic heterocycles. The first-order valence-corrected chi connectivity index (χ1v) is 3.97. The number of alkyl halides is 4. The van der Waals surface area contributed by atoms with Crippen LogP contribution in [-0.2, 0) is 9.47 Å². The van der Waals surface area contributed by atoms with Crippen LogP contribution < -0.4 is 0 Å². The molecule has 10 heteroatoms. The summed E-state index contributed by atoms with van der Waals surface area (Å²) in [5.41, 5.74) is 0. The highest BCUT2D eigenvalue weighted by Crippen LogP contribution is 2.50. The van der Waals surface area contributed by atoms with Gasteiger partial charge in [0.15, 0.2) is 0 Å². The standard InChI is InChI=1S/C8F4N4O2/c9-5(1-13)6(10,2-14)18-8(12,4-16)7(11,3-15)17-5. The Hall–Kier alpha value is -2.40. The first kappa shape index (κ1) is 13.7. The quantitative estimate of drug-likeness (QED) is 0.595. The van der Waals surface area contributed by atoms with E-state index in [0.717, 1.165) is 0 Å². The Labute approximate surface area is 96.7 Å². The molecular formula is C8F4N4O2. The van der Waals surface area contributed by atoms with Gasteiger partial charge in [0, 0.05) is 0 Å². The maximum Gasteiger partial charge on any atom is 0.374 e. The first-order chi connectivity index (χ1) is 8.16. The number of halogens is 4. The Morgan fingerprint density at radius 1 is 0.556 bits per heavy atom. The van der Waals surface area contributed by atoms with Crippen LogP contribution >= 0.6 is 0 Å². The van der Waals surface area contributed by atoms with E-state index in [-0.39, 0.29) is 0 Å². The Kier molecular flexibility index (Phi) is 2.69. The molecule has 4 unspecified atom stereocenters. The van der Waals surface area contributed by atoms with Crippen molar-refractivity contribution in [2.75, 3.05) is 0 Å². The predicted octanol–water partition coefficient (Wildman–Crippen LogP) is 0.791. The third kappa shape index (κ3) is 1.38. The van der Waals surface area contributed by atoms with Gasteiger partial charge >= 0.3 is 23.4 Å². The fourth-order valence-electron chi connectivity index (χ4n) is 1.03. The van der Waals surface area contributed by atoms with E-state index in [1.807, 2.05) is 0 Å². The molecule has 0 aromatic carbocycles. The zero-order valence-corrected chi connectivity index (χ0v) is 8.12. The third-order valence-corrected chi connectivity index (χ3v) is 1.96. The minimum absolute atomic E-state index is 0.395. The van der Waals surface area contributed by atoms with Crippen LogP contribution in [0.25, 0.3) is 0 Å². The summed E-state index contributed by atoms with van der Waals surface area (Å²) in [6, 6.07) is 1.58. The van der Waals surface area contributed by atoms with Gasteiger partial charge in [0.05, 0.1) is 0 Å². The van der Waals surface area contributed by atoms with E-state index in [9.17, 15) is 17.6 Å². The van der Waals surface area contributed by atoms with Crippen molar-refractivity contribution in [1.82, 2.24) is 0 Å². The van der Waals surface area contributed by atoms with Gasteiger partial charge in [0.2, 0.25) is 0 Å². The molecule has 0 bridgehead atoms. The normalized spacial score (nSPS) is 47.1. The largest absolute Gasteiger partial charge is 0.374 e. The average Bonchev–Trinajstić information content (AvgIpc) is 2.36. The van der Waals surface area contributed by atoms with Gasteiger partial charge in [0.1, 0.15) is 24.3 Å². The van der Waals surface area contributed by atoms with Crippen molar-refractivity contribution in [3.05, 3.63) is 0 Å². The van der Waals surface area contributed by atoms with Crippen LogP contribution in [-0.4, -0.2) is 23.4 Å². The van der Waals surface area contributed by atoms with Gasteiger partial charge in [-0.05, 0) is 0 Å². The highest BCUT2D eigenvalue weighted by atomic mass is 19.2. The van der Waals surface area contributed by atoms with E-state index < -0.39 is 23.4 Å². The summed E-state index contributed by atoms with van der Waals surface area (Å²) < 4.78 is 61.0. The molecule has 1 heterocycles. The molecule has 18 heavy (non-hydrogen) atoms. The number of nitrogens with zero attached hydrogens (tertiary/aromatic N) is 4. The highest BCUT2D eigenvalue weighted by Gasteiger charge is 2.78. The molecule has 1 rings (SSSR count). The van der Waals surface area contributed by atoms with Gasteiger partial charge in [-0.25, -0.2) is 0 Å². The fourth-order valence-corrected chi connectivity index (χ4v) is 1.03. The molecule has 0 N–H and O–H groups in total. The molecule has 0 saturated carbocycles. The monoisotopic (exact) mass is 260 g/mol. The van der Waals surface area contributed by atoms with Crippen molar-refractivity contribution in [3.63, 3.8) is 0 Å². The van der Waals surface area contributed by atoms with Gasteiger partial charge in [-0.15, -0.1) is 0 Å². The van der Waals surface area contributed by atoms with E-state index in [2.05, 4.69) is 9.47 Å². The minimum Gasteiger partial charge on any atom is -0.274 e. The van der Waals surface area contributed by atoms with Gasteiger partial charge in [-0.1, -0.05) is 0 Å². The number of nitriles is 4. The minimum atomic E-state index is -4.42. The highest BCUT2D eigenvalue weighted by molar-refractivity contribution is 5.25. The molecule has 1 fully saturated rings. The summed E-state index contributed by atoms with van der Waals surface area (Å²) >= 11 is 0. The second kappa shape index (κ2) is 3.54. The van der Waals surface area contributed by atoms with Crippen molar-refractivity contribution in [3.8, 4) is 24.3 Å². The van der Waals surface area contributed by atoms with Crippen LogP contribution in [0.5, 0.6) is 0 Å². The average molecular weight is 260 g/mol. The molecular weight excluding hydrogens is 260 g/mol. The topological polar surface area (TPSA) is 114 Å². The molecule has 6 nitrogen and oxygen atoms in total. The number of rotatable bonds is 0. The van der Waals surface area contributed by atoms with Gasteiger partial charge in [-0.2, -0.15) is 38.6 Å². The summed E-state index contributed by atoms with van der Waals surface area (Å²) in [6.07, 6.45) is 0. The lowest BCUT2D eigenvalue weighted by atomic mass is 10.0. The maximum atomic E-state index is 13.5. The number of hydrogen-bond donors (Lipinski definition) is 0. The van der Waals surface area contributed by atoms with Crippen molar-refractivity contribution in [2.24, 2.45) is 0 Å². The fraction of sp³-hybridized carbons (Fsp3) is 0.500.